The van der Waals surface area contributed by atoms with Crippen molar-refractivity contribution in [2.45, 2.75) is 43.7 Å². The molecule has 0 spiro atoms. The van der Waals surface area contributed by atoms with Gasteiger partial charge in [0.15, 0.2) is 5.65 Å². The molecule has 0 saturated carbocycles. The third-order valence-corrected chi connectivity index (χ3v) is 7.06. The highest BCUT2D eigenvalue weighted by Gasteiger charge is 2.40. The number of nitrogens with one attached hydrogen (secondary N) is 1. The molecule has 1 aliphatic heterocycles. The van der Waals surface area contributed by atoms with Crippen LogP contribution < -0.4 is 5.32 Å². The van der Waals surface area contributed by atoms with E-state index in [0.717, 1.165) is 15.8 Å². The van der Waals surface area contributed by atoms with E-state index in [1.807, 2.05) is 13.8 Å². The minimum Gasteiger partial charge on any atom is -0.323 e. The van der Waals surface area contributed by atoms with Crippen LogP contribution in [0.1, 0.15) is 32.7 Å². The second-order valence-corrected chi connectivity index (χ2v) is 9.37. The van der Waals surface area contributed by atoms with Crippen LogP contribution in [0.3, 0.4) is 0 Å². The maximum Gasteiger partial charge on any atom is 0.246 e. The van der Waals surface area contributed by atoms with Crippen LogP contribution in [0, 0.1) is 5.82 Å². The maximum absolute atomic E-state index is 14.1. The van der Waals surface area contributed by atoms with E-state index in [1.54, 1.807) is 16.9 Å². The highest BCUT2D eigenvalue weighted by atomic mass is 32.2. The van der Waals surface area contributed by atoms with Crippen LogP contribution >= 0.6 is 0 Å². The molecule has 3 heterocycles. The predicted octanol–water partition coefficient (Wildman–Crippen LogP) is 2.94. The summed E-state index contributed by atoms with van der Waals surface area (Å²) in [5.74, 6) is -1.30. The van der Waals surface area contributed by atoms with Crippen molar-refractivity contribution in [1.82, 2.24) is 19.1 Å². The van der Waals surface area contributed by atoms with Gasteiger partial charge in [-0.1, -0.05) is 12.1 Å². The van der Waals surface area contributed by atoms with E-state index in [-0.39, 0.29) is 12.6 Å². The number of sulfonamides is 1. The minimum absolute atomic E-state index is 0.145. The largest absolute Gasteiger partial charge is 0.323 e. The van der Waals surface area contributed by atoms with Gasteiger partial charge in [-0.05, 0) is 44.9 Å². The van der Waals surface area contributed by atoms with E-state index in [4.69, 9.17) is 0 Å². The van der Waals surface area contributed by atoms with E-state index in [9.17, 15) is 17.6 Å². The molecule has 4 rings (SSSR count). The van der Waals surface area contributed by atoms with Crippen LogP contribution in [0.15, 0.2) is 47.6 Å². The normalized spacial score (nSPS) is 17.7. The first-order valence-electron chi connectivity index (χ1n) is 9.69. The zero-order chi connectivity index (χ0) is 21.5. The standard InChI is InChI=1S/C20H22FN5O3S/c1-13(2)26-19-14(11-23-26)10-15(12-22-19)24-20(27)17-7-5-9-25(17)30(28,29)18-8-4-3-6-16(18)21/h3-4,6,8,10-13,17H,5,7,9H2,1-2H3,(H,24,27). The van der Waals surface area contributed by atoms with Crippen LogP contribution in [-0.2, 0) is 14.8 Å². The van der Waals surface area contributed by atoms with Crippen molar-refractivity contribution in [2.24, 2.45) is 0 Å². The molecule has 1 N–H and O–H groups in total. The van der Waals surface area contributed by atoms with E-state index < -0.39 is 32.7 Å². The number of pyridine rings is 1. The zero-order valence-electron chi connectivity index (χ0n) is 16.6. The number of rotatable bonds is 5. The molecule has 1 amide bonds. The van der Waals surface area contributed by atoms with Gasteiger partial charge in [-0.3, -0.25) is 4.79 Å². The fraction of sp³-hybridized carbons (Fsp3) is 0.350. The van der Waals surface area contributed by atoms with Crippen molar-refractivity contribution in [3.8, 4) is 0 Å². The molecule has 1 unspecified atom stereocenters. The lowest BCUT2D eigenvalue weighted by Crippen LogP contribution is -2.43. The second-order valence-electron chi connectivity index (χ2n) is 7.51. The molecule has 30 heavy (non-hydrogen) atoms. The predicted molar refractivity (Wildman–Crippen MR) is 110 cm³/mol. The summed E-state index contributed by atoms with van der Waals surface area (Å²) in [6.45, 7) is 4.15. The summed E-state index contributed by atoms with van der Waals surface area (Å²) >= 11 is 0. The molecule has 3 aromatic rings. The van der Waals surface area contributed by atoms with Crippen LogP contribution in [0.25, 0.3) is 11.0 Å². The highest BCUT2D eigenvalue weighted by molar-refractivity contribution is 7.89. The van der Waals surface area contributed by atoms with Crippen LogP contribution in [0.2, 0.25) is 0 Å². The molecule has 0 aliphatic carbocycles. The quantitative estimate of drug-likeness (QED) is 0.670. The van der Waals surface area contributed by atoms with Crippen molar-refractivity contribution >= 4 is 32.7 Å². The molecule has 1 atom stereocenters. The van der Waals surface area contributed by atoms with Gasteiger partial charge in [0.2, 0.25) is 15.9 Å². The third-order valence-electron chi connectivity index (χ3n) is 5.12. The number of fused-ring (bicyclic) bond motifs is 1. The van der Waals surface area contributed by atoms with Gasteiger partial charge in [-0.25, -0.2) is 22.5 Å². The third kappa shape index (κ3) is 3.56. The molecule has 158 valence electrons. The lowest BCUT2D eigenvalue weighted by Gasteiger charge is -2.23. The smallest absolute Gasteiger partial charge is 0.246 e. The molecule has 0 radical (unpaired) electrons. The van der Waals surface area contributed by atoms with Crippen LogP contribution in [0.4, 0.5) is 10.1 Å². The van der Waals surface area contributed by atoms with Gasteiger partial charge in [0.25, 0.3) is 0 Å². The van der Waals surface area contributed by atoms with E-state index >= 15 is 0 Å². The molecule has 1 saturated heterocycles. The van der Waals surface area contributed by atoms with Crippen molar-refractivity contribution in [3.63, 3.8) is 0 Å². The number of anilines is 1. The molecule has 0 bridgehead atoms. The maximum atomic E-state index is 14.1. The van der Waals surface area contributed by atoms with Crippen LogP contribution in [0.5, 0.6) is 0 Å². The Bertz CT molecular complexity index is 1210. The number of halogens is 1. The van der Waals surface area contributed by atoms with E-state index in [2.05, 4.69) is 15.4 Å². The Morgan fingerprint density at radius 2 is 2.03 bits per heavy atom. The lowest BCUT2D eigenvalue weighted by atomic mass is 10.2. The fourth-order valence-corrected chi connectivity index (χ4v) is 5.41. The molecule has 8 nitrogen and oxygen atoms in total. The molecule has 2 aromatic heterocycles. The molecule has 1 aliphatic rings. The zero-order valence-corrected chi connectivity index (χ0v) is 17.4. The summed E-state index contributed by atoms with van der Waals surface area (Å²) < 4.78 is 42.8. The lowest BCUT2D eigenvalue weighted by molar-refractivity contribution is -0.119. The van der Waals surface area contributed by atoms with Gasteiger partial charge in [0.1, 0.15) is 16.8 Å². The van der Waals surface area contributed by atoms with E-state index in [0.29, 0.717) is 24.2 Å². The number of amides is 1. The van der Waals surface area contributed by atoms with Crippen LogP contribution in [-0.4, -0.2) is 46.0 Å². The first-order chi connectivity index (χ1) is 14.3. The van der Waals surface area contributed by atoms with Gasteiger partial charge in [-0.2, -0.15) is 9.40 Å². The number of carbonyl (C=O) groups excluding carboxylic acids is 1. The Morgan fingerprint density at radius 1 is 1.27 bits per heavy atom. The molecular weight excluding hydrogens is 409 g/mol. The number of hydrogen-bond acceptors (Lipinski definition) is 5. The van der Waals surface area contributed by atoms with E-state index in [1.165, 1.54) is 24.4 Å². The SMILES string of the molecule is CC(C)n1ncc2cc(NC(=O)C3CCCN3S(=O)(=O)c3ccccc3F)cnc21. The Balaban J connectivity index is 1.57. The fourth-order valence-electron chi connectivity index (χ4n) is 3.68. The number of aromatic nitrogens is 3. The Labute approximate surface area is 173 Å². The second kappa shape index (κ2) is 7.77. The average Bonchev–Trinajstić information content (AvgIpc) is 3.35. The Kier molecular flexibility index (Phi) is 5.29. The van der Waals surface area contributed by atoms with Gasteiger partial charge < -0.3 is 5.32 Å². The van der Waals surface area contributed by atoms with Gasteiger partial charge >= 0.3 is 0 Å². The monoisotopic (exact) mass is 431 g/mol. The topological polar surface area (TPSA) is 97.2 Å². The van der Waals surface area contributed by atoms with Crippen molar-refractivity contribution in [1.29, 1.82) is 0 Å². The molecule has 1 aromatic carbocycles. The molecular formula is C20H22FN5O3S. The van der Waals surface area contributed by atoms with Gasteiger partial charge in [-0.15, -0.1) is 0 Å². The van der Waals surface area contributed by atoms with Gasteiger partial charge in [0.05, 0.1) is 18.1 Å². The number of carbonyl (C=O) groups is 1. The molecule has 1 fully saturated rings. The van der Waals surface area contributed by atoms with Crippen molar-refractivity contribution in [2.75, 3.05) is 11.9 Å². The average molecular weight is 431 g/mol. The summed E-state index contributed by atoms with van der Waals surface area (Å²) in [5, 5.41) is 7.81. The summed E-state index contributed by atoms with van der Waals surface area (Å²) in [4.78, 5) is 16.8. The summed E-state index contributed by atoms with van der Waals surface area (Å²) in [6.07, 6.45) is 4.07. The summed E-state index contributed by atoms with van der Waals surface area (Å²) in [5.41, 5.74) is 1.15. The Morgan fingerprint density at radius 3 is 2.77 bits per heavy atom. The minimum atomic E-state index is -4.13. The van der Waals surface area contributed by atoms with Gasteiger partial charge in [0, 0.05) is 18.0 Å². The summed E-state index contributed by atoms with van der Waals surface area (Å²) in [6, 6.07) is 6.16. The first kappa shape index (κ1) is 20.4. The highest BCUT2D eigenvalue weighted by Crippen LogP contribution is 2.28. The number of benzene rings is 1. The van der Waals surface area contributed by atoms with Crippen molar-refractivity contribution in [3.05, 3.63) is 48.5 Å². The Hall–Kier alpha value is -2.85. The summed E-state index contributed by atoms with van der Waals surface area (Å²) in [7, 11) is -4.13. The number of hydrogen-bond donors (Lipinski definition) is 1. The first-order valence-corrected chi connectivity index (χ1v) is 11.1. The number of nitrogens with zero attached hydrogens (tertiary/aromatic N) is 4. The molecule has 10 heteroatoms. The van der Waals surface area contributed by atoms with Crippen molar-refractivity contribution < 1.29 is 17.6 Å².